The zero-order valence-electron chi connectivity index (χ0n) is 13.8. The van der Waals surface area contributed by atoms with Gasteiger partial charge in [0.05, 0.1) is 13.2 Å². The van der Waals surface area contributed by atoms with Crippen LogP contribution in [0.5, 0.6) is 0 Å². The molecule has 0 aliphatic rings. The van der Waals surface area contributed by atoms with E-state index in [0.29, 0.717) is 12.8 Å². The van der Waals surface area contributed by atoms with Crippen LogP contribution in [0.25, 0.3) is 0 Å². The maximum absolute atomic E-state index is 12.0. The van der Waals surface area contributed by atoms with Gasteiger partial charge in [-0.2, -0.15) is 5.11 Å². The molecular formula is C16H28N2O4. The largest absolute Gasteiger partial charge is 0.467 e. The molecule has 0 rings (SSSR count). The van der Waals surface area contributed by atoms with Gasteiger partial charge in [-0.15, -0.1) is 0 Å². The first-order chi connectivity index (χ1) is 10.4. The molecule has 0 heterocycles. The molecule has 0 aliphatic heterocycles. The minimum absolute atomic E-state index is 0.211. The Morgan fingerprint density at radius 3 is 2.50 bits per heavy atom. The van der Waals surface area contributed by atoms with E-state index in [9.17, 15) is 14.7 Å². The Kier molecular flexibility index (Phi) is 10.3. The second-order valence-electron chi connectivity index (χ2n) is 5.50. The molecule has 0 saturated heterocycles. The number of unbranched alkanes of at least 4 members (excludes halogenated alkanes) is 3. The molecule has 0 aromatic rings. The van der Waals surface area contributed by atoms with E-state index in [-0.39, 0.29) is 6.42 Å². The number of carbonyl (C=O) groups excluding carboxylic acids is 2. The lowest BCUT2D eigenvalue weighted by Gasteiger charge is -2.20. The Labute approximate surface area is 132 Å². The highest BCUT2D eigenvalue weighted by Gasteiger charge is 2.42. The van der Waals surface area contributed by atoms with E-state index in [1.165, 1.54) is 19.8 Å². The third-order valence-electron chi connectivity index (χ3n) is 3.58. The molecule has 0 spiro atoms. The molecule has 0 amide bonds. The number of ketones is 1. The predicted molar refractivity (Wildman–Crippen MR) is 83.7 cm³/mol. The summed E-state index contributed by atoms with van der Waals surface area (Å²) in [6.07, 6.45) is 8.73. The number of hydrogen-bond acceptors (Lipinski definition) is 6. The summed E-state index contributed by atoms with van der Waals surface area (Å²) in [7, 11) is 1.14. The lowest BCUT2D eigenvalue weighted by molar-refractivity contribution is -0.151. The first-order valence-corrected chi connectivity index (χ1v) is 7.75. The normalized spacial score (nSPS) is 15.3. The van der Waals surface area contributed by atoms with Gasteiger partial charge in [-0.1, -0.05) is 31.9 Å². The Balaban J connectivity index is 4.20. The molecule has 126 valence electrons. The summed E-state index contributed by atoms with van der Waals surface area (Å²) in [5.41, 5.74) is 5.17. The standard InChI is InChI=1S/C16H28N2O4/c1-4-5-6-7-8-9-10-11-13(19)12-14(20)16(2,18-17)15(21)22-3/h8-9,13,17,19H,4-7,10-12H2,1-3H3/b9-8-,18-17?/t13-,16?/m1/s1. The van der Waals surface area contributed by atoms with Crippen molar-refractivity contribution in [2.24, 2.45) is 5.11 Å². The summed E-state index contributed by atoms with van der Waals surface area (Å²) in [4.78, 5) is 23.5. The summed E-state index contributed by atoms with van der Waals surface area (Å²) in [5, 5.41) is 12.9. The number of nitrogens with one attached hydrogen (secondary N) is 1. The number of aliphatic hydroxyl groups excluding tert-OH is 1. The van der Waals surface area contributed by atoms with Gasteiger partial charge in [0, 0.05) is 6.42 Å². The molecule has 0 aromatic heterocycles. The van der Waals surface area contributed by atoms with Crippen LogP contribution in [0.1, 0.15) is 58.8 Å². The van der Waals surface area contributed by atoms with Crippen LogP contribution in [0.15, 0.2) is 17.3 Å². The smallest absolute Gasteiger partial charge is 0.343 e. The van der Waals surface area contributed by atoms with Crippen molar-refractivity contribution >= 4 is 11.8 Å². The van der Waals surface area contributed by atoms with Crippen molar-refractivity contribution in [3.63, 3.8) is 0 Å². The van der Waals surface area contributed by atoms with Crippen LogP contribution in [0.2, 0.25) is 0 Å². The zero-order chi connectivity index (χ0) is 17.0. The van der Waals surface area contributed by atoms with Gasteiger partial charge >= 0.3 is 5.97 Å². The van der Waals surface area contributed by atoms with Crippen molar-refractivity contribution in [2.45, 2.75) is 70.4 Å². The molecule has 0 aromatic carbocycles. The van der Waals surface area contributed by atoms with Crippen LogP contribution in [0.4, 0.5) is 0 Å². The van der Waals surface area contributed by atoms with Gasteiger partial charge in [0.25, 0.3) is 0 Å². The number of aliphatic hydroxyl groups is 1. The van der Waals surface area contributed by atoms with Crippen molar-refractivity contribution in [1.82, 2.24) is 0 Å². The van der Waals surface area contributed by atoms with Crippen molar-refractivity contribution in [3.05, 3.63) is 12.2 Å². The van der Waals surface area contributed by atoms with Crippen molar-refractivity contribution in [3.8, 4) is 0 Å². The molecule has 6 heteroatoms. The number of methoxy groups -OCH3 is 1. The number of esters is 1. The molecule has 0 radical (unpaired) electrons. The number of ether oxygens (including phenoxy) is 1. The van der Waals surface area contributed by atoms with Crippen LogP contribution in [0.3, 0.4) is 0 Å². The van der Waals surface area contributed by atoms with Crippen LogP contribution in [-0.4, -0.2) is 35.6 Å². The quantitative estimate of drug-likeness (QED) is 0.190. The van der Waals surface area contributed by atoms with E-state index in [2.05, 4.69) is 22.9 Å². The van der Waals surface area contributed by atoms with Crippen LogP contribution in [-0.2, 0) is 14.3 Å². The van der Waals surface area contributed by atoms with Crippen molar-refractivity contribution < 1.29 is 19.4 Å². The fraction of sp³-hybridized carbons (Fsp3) is 0.750. The Hall–Kier alpha value is -1.56. The maximum Gasteiger partial charge on any atom is 0.343 e. The third-order valence-corrected chi connectivity index (χ3v) is 3.58. The fourth-order valence-corrected chi connectivity index (χ4v) is 1.97. The topological polar surface area (TPSA) is 99.8 Å². The molecule has 0 aliphatic carbocycles. The van der Waals surface area contributed by atoms with Gasteiger partial charge in [0.1, 0.15) is 0 Å². The molecule has 0 saturated carbocycles. The highest BCUT2D eigenvalue weighted by Crippen LogP contribution is 2.18. The SMILES string of the molecule is CCCCC/C=C\CC[C@@H](O)CC(=O)C(C)(N=N)C(=O)OC. The molecule has 2 N–H and O–H groups in total. The van der Waals surface area contributed by atoms with E-state index in [1.54, 1.807) is 0 Å². The van der Waals surface area contributed by atoms with Crippen LogP contribution >= 0.6 is 0 Å². The second kappa shape index (κ2) is 11.1. The maximum atomic E-state index is 12.0. The third kappa shape index (κ3) is 6.93. The average molecular weight is 312 g/mol. The molecule has 0 fully saturated rings. The first-order valence-electron chi connectivity index (χ1n) is 7.75. The number of carbonyl (C=O) groups is 2. The van der Waals surface area contributed by atoms with E-state index >= 15 is 0 Å². The molecule has 0 bridgehead atoms. The summed E-state index contributed by atoms with van der Waals surface area (Å²) in [5.74, 6) is -1.48. The van der Waals surface area contributed by atoms with Crippen molar-refractivity contribution in [2.75, 3.05) is 7.11 Å². The number of nitrogens with zero attached hydrogens (tertiary/aromatic N) is 1. The van der Waals surface area contributed by atoms with E-state index in [4.69, 9.17) is 5.53 Å². The van der Waals surface area contributed by atoms with Gasteiger partial charge < -0.3 is 9.84 Å². The van der Waals surface area contributed by atoms with Crippen molar-refractivity contribution in [1.29, 1.82) is 5.53 Å². The molecule has 1 unspecified atom stereocenters. The van der Waals surface area contributed by atoms with Gasteiger partial charge in [0.2, 0.25) is 5.54 Å². The summed E-state index contributed by atoms with van der Waals surface area (Å²) >= 11 is 0. The minimum Gasteiger partial charge on any atom is -0.467 e. The minimum atomic E-state index is -1.86. The Bertz CT molecular complexity index is 396. The highest BCUT2D eigenvalue weighted by molar-refractivity contribution is 6.08. The number of hydrogen-bond donors (Lipinski definition) is 2. The monoisotopic (exact) mass is 312 g/mol. The molecule has 22 heavy (non-hydrogen) atoms. The van der Waals surface area contributed by atoms with E-state index in [0.717, 1.165) is 20.0 Å². The highest BCUT2D eigenvalue weighted by atomic mass is 16.5. The number of allylic oxidation sites excluding steroid dienone is 2. The summed E-state index contributed by atoms with van der Waals surface area (Å²) in [6.45, 7) is 3.39. The van der Waals surface area contributed by atoms with Crippen LogP contribution in [0, 0.1) is 5.53 Å². The van der Waals surface area contributed by atoms with Gasteiger partial charge in [0.15, 0.2) is 5.78 Å². The average Bonchev–Trinajstić information content (AvgIpc) is 2.52. The second-order valence-corrected chi connectivity index (χ2v) is 5.50. The summed E-state index contributed by atoms with van der Waals surface area (Å²) in [6, 6.07) is 0. The fourth-order valence-electron chi connectivity index (χ4n) is 1.97. The van der Waals surface area contributed by atoms with Gasteiger partial charge in [-0.05, 0) is 32.6 Å². The lowest BCUT2D eigenvalue weighted by atomic mass is 9.92. The zero-order valence-corrected chi connectivity index (χ0v) is 13.8. The van der Waals surface area contributed by atoms with E-state index in [1.807, 2.05) is 6.08 Å². The lowest BCUT2D eigenvalue weighted by Crippen LogP contribution is -2.43. The predicted octanol–water partition coefficient (Wildman–Crippen LogP) is 3.19. The van der Waals surface area contributed by atoms with Gasteiger partial charge in [-0.25, -0.2) is 10.3 Å². The number of Topliss-reactive ketones (excluding diaryl/α,β-unsaturated/α-hetero) is 1. The Morgan fingerprint density at radius 2 is 1.95 bits per heavy atom. The molecule has 6 nitrogen and oxygen atoms in total. The van der Waals surface area contributed by atoms with E-state index < -0.39 is 23.4 Å². The first kappa shape index (κ1) is 20.4. The molecular weight excluding hydrogens is 284 g/mol. The Morgan fingerprint density at radius 1 is 1.32 bits per heavy atom. The van der Waals surface area contributed by atoms with Crippen LogP contribution < -0.4 is 0 Å². The van der Waals surface area contributed by atoms with Gasteiger partial charge in [-0.3, -0.25) is 4.79 Å². The summed E-state index contributed by atoms with van der Waals surface area (Å²) < 4.78 is 4.49. The number of rotatable bonds is 12. The molecule has 2 atom stereocenters.